The van der Waals surface area contributed by atoms with Gasteiger partial charge in [0, 0.05) is 24.6 Å². The van der Waals surface area contributed by atoms with E-state index < -0.39 is 0 Å². The fourth-order valence-corrected chi connectivity index (χ4v) is 3.89. The lowest BCUT2D eigenvalue weighted by atomic mass is 10.1. The molecular formula is C23H27N3O4S. The van der Waals surface area contributed by atoms with Gasteiger partial charge in [-0.1, -0.05) is 17.8 Å². The molecule has 1 heterocycles. The first kappa shape index (κ1) is 22.6. The first-order valence-electron chi connectivity index (χ1n) is 9.76. The molecule has 1 aromatic heterocycles. The molecular weight excluding hydrogens is 414 g/mol. The van der Waals surface area contributed by atoms with Crippen molar-refractivity contribution in [1.82, 2.24) is 14.9 Å². The number of carbonyl (C=O) groups is 1. The van der Waals surface area contributed by atoms with Gasteiger partial charge in [-0.2, -0.15) is 0 Å². The summed E-state index contributed by atoms with van der Waals surface area (Å²) in [5.74, 6) is 1.79. The number of amides is 1. The van der Waals surface area contributed by atoms with E-state index in [0.29, 0.717) is 23.8 Å². The van der Waals surface area contributed by atoms with Crippen molar-refractivity contribution in [2.75, 3.05) is 27.1 Å². The fraction of sp³-hybridized carbons (Fsp3) is 0.304. The van der Waals surface area contributed by atoms with Gasteiger partial charge in [-0.05, 0) is 54.8 Å². The van der Waals surface area contributed by atoms with Gasteiger partial charge in [0.1, 0.15) is 0 Å². The largest absolute Gasteiger partial charge is 0.493 e. The quantitative estimate of drug-likeness (QED) is 0.507. The molecule has 0 bridgehead atoms. The first-order chi connectivity index (χ1) is 15.0. The van der Waals surface area contributed by atoms with E-state index in [4.69, 9.17) is 14.2 Å². The molecule has 31 heavy (non-hydrogen) atoms. The number of rotatable bonds is 9. The van der Waals surface area contributed by atoms with E-state index in [0.717, 1.165) is 16.4 Å². The van der Waals surface area contributed by atoms with Crippen LogP contribution >= 0.6 is 11.8 Å². The van der Waals surface area contributed by atoms with E-state index >= 15 is 0 Å². The van der Waals surface area contributed by atoms with Crippen LogP contribution in [-0.4, -0.2) is 42.5 Å². The van der Waals surface area contributed by atoms with Crippen molar-refractivity contribution in [1.29, 1.82) is 0 Å². The number of imidazole rings is 1. The van der Waals surface area contributed by atoms with Crippen molar-refractivity contribution in [3.05, 3.63) is 59.4 Å². The Labute approximate surface area is 186 Å². The van der Waals surface area contributed by atoms with Crippen LogP contribution in [-0.2, 0) is 11.3 Å². The maximum absolute atomic E-state index is 12.4. The zero-order valence-corrected chi connectivity index (χ0v) is 19.2. The van der Waals surface area contributed by atoms with Crippen molar-refractivity contribution in [3.8, 4) is 22.9 Å². The predicted octanol–water partition coefficient (Wildman–Crippen LogP) is 3.92. The number of hydrogen-bond acceptors (Lipinski definition) is 6. The summed E-state index contributed by atoms with van der Waals surface area (Å²) in [6, 6.07) is 9.90. The van der Waals surface area contributed by atoms with Crippen LogP contribution in [0.3, 0.4) is 0 Å². The highest BCUT2D eigenvalue weighted by Gasteiger charge is 2.14. The van der Waals surface area contributed by atoms with Crippen LogP contribution in [0.4, 0.5) is 0 Å². The lowest BCUT2D eigenvalue weighted by molar-refractivity contribution is -0.118. The molecule has 0 aliphatic heterocycles. The predicted molar refractivity (Wildman–Crippen MR) is 122 cm³/mol. The Morgan fingerprint density at radius 2 is 1.74 bits per heavy atom. The maximum atomic E-state index is 12.4. The molecule has 3 aromatic rings. The van der Waals surface area contributed by atoms with Crippen LogP contribution in [0, 0.1) is 13.8 Å². The van der Waals surface area contributed by atoms with Crippen LogP contribution in [0.5, 0.6) is 17.2 Å². The molecule has 0 radical (unpaired) electrons. The lowest BCUT2D eigenvalue weighted by Crippen LogP contribution is -2.24. The van der Waals surface area contributed by atoms with Gasteiger partial charge in [-0.25, -0.2) is 4.98 Å². The molecule has 3 rings (SSSR count). The van der Waals surface area contributed by atoms with Crippen molar-refractivity contribution >= 4 is 17.7 Å². The molecule has 7 nitrogen and oxygen atoms in total. The van der Waals surface area contributed by atoms with Crippen LogP contribution in [0.25, 0.3) is 5.69 Å². The topological polar surface area (TPSA) is 74.6 Å². The average Bonchev–Trinajstić information content (AvgIpc) is 3.25. The summed E-state index contributed by atoms with van der Waals surface area (Å²) < 4.78 is 18.0. The number of ether oxygens (including phenoxy) is 3. The Hall–Kier alpha value is -3.13. The molecule has 0 spiro atoms. The monoisotopic (exact) mass is 441 g/mol. The number of aromatic nitrogens is 2. The summed E-state index contributed by atoms with van der Waals surface area (Å²) in [5.41, 5.74) is 4.33. The Balaban J connectivity index is 1.62. The highest BCUT2D eigenvalue weighted by Crippen LogP contribution is 2.38. The van der Waals surface area contributed by atoms with Crippen molar-refractivity contribution in [2.24, 2.45) is 0 Å². The van der Waals surface area contributed by atoms with Gasteiger partial charge >= 0.3 is 0 Å². The minimum Gasteiger partial charge on any atom is -0.493 e. The second-order valence-electron chi connectivity index (χ2n) is 6.95. The Bertz CT molecular complexity index is 1040. The minimum atomic E-state index is -0.0895. The molecule has 0 saturated heterocycles. The molecule has 0 atom stereocenters. The molecule has 1 amide bonds. The van der Waals surface area contributed by atoms with Gasteiger partial charge in [0.05, 0.1) is 27.1 Å². The number of aryl methyl sites for hydroxylation is 2. The first-order valence-corrected chi connectivity index (χ1v) is 10.7. The Kier molecular flexibility index (Phi) is 7.46. The third-order valence-corrected chi connectivity index (χ3v) is 5.89. The van der Waals surface area contributed by atoms with Crippen molar-refractivity contribution in [3.63, 3.8) is 0 Å². The van der Waals surface area contributed by atoms with E-state index in [9.17, 15) is 4.79 Å². The van der Waals surface area contributed by atoms with E-state index in [1.807, 2.05) is 22.9 Å². The number of nitrogens with zero attached hydrogens (tertiary/aromatic N) is 2. The highest BCUT2D eigenvalue weighted by atomic mass is 32.2. The molecule has 1 N–H and O–H groups in total. The third kappa shape index (κ3) is 5.32. The van der Waals surface area contributed by atoms with Gasteiger partial charge < -0.3 is 19.5 Å². The van der Waals surface area contributed by atoms with Gasteiger partial charge in [0.25, 0.3) is 0 Å². The van der Waals surface area contributed by atoms with Crippen LogP contribution in [0.2, 0.25) is 0 Å². The van der Waals surface area contributed by atoms with Crippen LogP contribution < -0.4 is 19.5 Å². The number of hydrogen-bond donors (Lipinski definition) is 1. The Morgan fingerprint density at radius 3 is 2.35 bits per heavy atom. The second kappa shape index (κ2) is 10.3. The molecule has 8 heteroatoms. The summed E-state index contributed by atoms with van der Waals surface area (Å²) in [7, 11) is 4.68. The van der Waals surface area contributed by atoms with E-state index in [2.05, 4.69) is 42.3 Å². The van der Waals surface area contributed by atoms with E-state index in [1.165, 1.54) is 22.9 Å². The number of benzene rings is 2. The normalized spacial score (nSPS) is 10.6. The highest BCUT2D eigenvalue weighted by molar-refractivity contribution is 7.99. The molecule has 0 aliphatic carbocycles. The van der Waals surface area contributed by atoms with E-state index in [1.54, 1.807) is 27.5 Å². The standard InChI is InChI=1S/C23H27N3O4S/c1-15-6-7-18(10-16(15)2)26-9-8-24-23(26)31-14-21(27)25-13-17-11-19(28-3)22(30-5)20(12-17)29-4/h6-12H,13-14H2,1-5H3,(H,25,27). The molecule has 2 aromatic carbocycles. The van der Waals surface area contributed by atoms with Crippen molar-refractivity contribution in [2.45, 2.75) is 25.5 Å². The SMILES string of the molecule is COc1cc(CNC(=O)CSc2nccn2-c2ccc(C)c(C)c2)cc(OC)c1OC. The zero-order chi connectivity index (χ0) is 22.4. The smallest absolute Gasteiger partial charge is 0.230 e. The summed E-state index contributed by atoms with van der Waals surface area (Å²) in [5, 5.41) is 3.70. The van der Waals surface area contributed by atoms with Gasteiger partial charge in [-0.15, -0.1) is 0 Å². The van der Waals surface area contributed by atoms with Crippen LogP contribution in [0.1, 0.15) is 16.7 Å². The molecule has 164 valence electrons. The Morgan fingerprint density at radius 1 is 1.03 bits per heavy atom. The van der Waals surface area contributed by atoms with Gasteiger partial charge in [0.15, 0.2) is 16.7 Å². The minimum absolute atomic E-state index is 0.0895. The molecule has 0 aliphatic rings. The summed E-state index contributed by atoms with van der Waals surface area (Å²) >= 11 is 1.39. The maximum Gasteiger partial charge on any atom is 0.230 e. The van der Waals surface area contributed by atoms with Crippen molar-refractivity contribution < 1.29 is 19.0 Å². The third-order valence-electron chi connectivity index (χ3n) is 4.92. The molecule has 0 unspecified atom stereocenters. The summed E-state index contributed by atoms with van der Waals surface area (Å²) in [6.45, 7) is 4.52. The summed E-state index contributed by atoms with van der Waals surface area (Å²) in [6.07, 6.45) is 3.64. The zero-order valence-electron chi connectivity index (χ0n) is 18.4. The number of methoxy groups -OCH3 is 3. The molecule has 0 fully saturated rings. The lowest BCUT2D eigenvalue weighted by Gasteiger charge is -2.14. The molecule has 0 saturated carbocycles. The van der Waals surface area contributed by atoms with E-state index in [-0.39, 0.29) is 11.7 Å². The summed E-state index contributed by atoms with van der Waals surface area (Å²) in [4.78, 5) is 16.8. The number of carbonyl (C=O) groups excluding carboxylic acids is 1. The average molecular weight is 442 g/mol. The fourth-order valence-electron chi connectivity index (χ4n) is 3.09. The second-order valence-corrected chi connectivity index (χ2v) is 7.89. The number of thioether (sulfide) groups is 1. The van der Waals surface area contributed by atoms with Gasteiger partial charge in [-0.3, -0.25) is 9.36 Å². The number of nitrogens with one attached hydrogen (secondary N) is 1. The van der Waals surface area contributed by atoms with Gasteiger partial charge in [0.2, 0.25) is 11.7 Å². The van der Waals surface area contributed by atoms with Crippen LogP contribution in [0.15, 0.2) is 47.9 Å².